The van der Waals surface area contributed by atoms with Crippen LogP contribution in [0.2, 0.25) is 0 Å². The molecule has 122 valence electrons. The van der Waals surface area contributed by atoms with Gasteiger partial charge in [0.2, 0.25) is 0 Å². The van der Waals surface area contributed by atoms with Crippen LogP contribution in [0.1, 0.15) is 37.7 Å². The number of benzene rings is 1. The van der Waals surface area contributed by atoms with Crippen LogP contribution >= 0.6 is 0 Å². The van der Waals surface area contributed by atoms with Gasteiger partial charge in [-0.3, -0.25) is 0 Å². The quantitative estimate of drug-likeness (QED) is 0.857. The van der Waals surface area contributed by atoms with Crippen molar-refractivity contribution >= 4 is 0 Å². The van der Waals surface area contributed by atoms with Crippen molar-refractivity contribution in [1.29, 1.82) is 0 Å². The third-order valence-electron chi connectivity index (χ3n) is 5.07. The lowest BCUT2D eigenvalue weighted by atomic mass is 9.83. The van der Waals surface area contributed by atoms with Crippen LogP contribution in [0, 0.1) is 23.4 Å². The average Bonchev–Trinajstić information content (AvgIpc) is 2.55. The minimum atomic E-state index is -1.38. The van der Waals surface area contributed by atoms with Crippen LogP contribution < -0.4 is 5.32 Å². The molecule has 0 radical (unpaired) electrons. The SMILES string of the molecule is Fc1ccc(CNC[C@@H]2CCCN3CCCC[C@H]23)c(F)c1F. The van der Waals surface area contributed by atoms with Crippen LogP contribution in [0.3, 0.4) is 0 Å². The van der Waals surface area contributed by atoms with E-state index >= 15 is 0 Å². The second kappa shape index (κ2) is 7.01. The zero-order chi connectivity index (χ0) is 15.5. The van der Waals surface area contributed by atoms with Gasteiger partial charge >= 0.3 is 0 Å². The Bertz CT molecular complexity index is 519. The Kier molecular flexibility index (Phi) is 5.03. The van der Waals surface area contributed by atoms with Crippen molar-refractivity contribution in [2.24, 2.45) is 5.92 Å². The summed E-state index contributed by atoms with van der Waals surface area (Å²) in [6, 6.07) is 2.93. The number of piperidine rings is 2. The summed E-state index contributed by atoms with van der Waals surface area (Å²) in [7, 11) is 0. The summed E-state index contributed by atoms with van der Waals surface area (Å²) >= 11 is 0. The molecule has 1 N–H and O–H groups in total. The average molecular weight is 312 g/mol. The fraction of sp³-hybridized carbons (Fsp3) is 0.647. The Morgan fingerprint density at radius 2 is 1.82 bits per heavy atom. The van der Waals surface area contributed by atoms with Crippen LogP contribution in [0.4, 0.5) is 13.2 Å². The third kappa shape index (κ3) is 3.30. The van der Waals surface area contributed by atoms with Gasteiger partial charge in [0.1, 0.15) is 0 Å². The van der Waals surface area contributed by atoms with E-state index in [4.69, 9.17) is 0 Å². The maximum absolute atomic E-state index is 13.6. The fourth-order valence-corrected chi connectivity index (χ4v) is 3.91. The summed E-state index contributed by atoms with van der Waals surface area (Å²) in [6.07, 6.45) is 6.22. The standard InChI is InChI=1S/C17H23F3N2/c18-14-7-6-13(16(19)17(14)20)11-21-10-12-4-3-9-22-8-2-1-5-15(12)22/h6-7,12,15,21H,1-5,8-11H2/t12-,15+/m0/s1. The molecule has 2 fully saturated rings. The maximum Gasteiger partial charge on any atom is 0.194 e. The molecule has 2 aliphatic rings. The van der Waals surface area contributed by atoms with E-state index < -0.39 is 17.5 Å². The molecule has 1 aromatic rings. The normalized spacial score (nSPS) is 26.0. The molecular formula is C17H23F3N2. The minimum absolute atomic E-state index is 0.190. The first-order valence-electron chi connectivity index (χ1n) is 8.24. The van der Waals surface area contributed by atoms with E-state index in [9.17, 15) is 13.2 Å². The van der Waals surface area contributed by atoms with Gasteiger partial charge in [0.05, 0.1) is 0 Å². The molecule has 3 rings (SSSR count). The predicted octanol–water partition coefficient (Wildman–Crippen LogP) is 3.46. The molecule has 0 amide bonds. The van der Waals surface area contributed by atoms with Crippen molar-refractivity contribution in [2.75, 3.05) is 19.6 Å². The van der Waals surface area contributed by atoms with E-state index in [0.29, 0.717) is 12.0 Å². The van der Waals surface area contributed by atoms with Crippen molar-refractivity contribution in [3.8, 4) is 0 Å². The van der Waals surface area contributed by atoms with Crippen molar-refractivity contribution < 1.29 is 13.2 Å². The fourth-order valence-electron chi connectivity index (χ4n) is 3.91. The molecule has 2 atom stereocenters. The summed E-state index contributed by atoms with van der Waals surface area (Å²) < 4.78 is 39.8. The van der Waals surface area contributed by atoms with E-state index in [0.717, 1.165) is 12.6 Å². The predicted molar refractivity (Wildman–Crippen MR) is 80.0 cm³/mol. The third-order valence-corrected chi connectivity index (χ3v) is 5.07. The lowest BCUT2D eigenvalue weighted by Gasteiger charge is -2.44. The van der Waals surface area contributed by atoms with Gasteiger partial charge in [-0.2, -0.15) is 0 Å². The highest BCUT2D eigenvalue weighted by Gasteiger charge is 2.32. The number of rotatable bonds is 4. The summed E-state index contributed by atoms with van der Waals surface area (Å²) in [6.45, 7) is 3.43. The topological polar surface area (TPSA) is 15.3 Å². The molecule has 2 heterocycles. The highest BCUT2D eigenvalue weighted by Crippen LogP contribution is 2.30. The second-order valence-corrected chi connectivity index (χ2v) is 6.47. The first kappa shape index (κ1) is 15.8. The zero-order valence-corrected chi connectivity index (χ0v) is 12.8. The molecule has 0 bridgehead atoms. The molecule has 1 aromatic carbocycles. The Morgan fingerprint density at radius 3 is 2.68 bits per heavy atom. The molecule has 0 spiro atoms. The number of nitrogens with one attached hydrogen (secondary N) is 1. The monoisotopic (exact) mass is 312 g/mol. The van der Waals surface area contributed by atoms with Crippen molar-refractivity contribution in [2.45, 2.75) is 44.7 Å². The van der Waals surface area contributed by atoms with Crippen LogP contribution in [-0.2, 0) is 6.54 Å². The number of hydrogen-bond donors (Lipinski definition) is 1. The van der Waals surface area contributed by atoms with Gasteiger partial charge in [0.15, 0.2) is 17.5 Å². The Balaban J connectivity index is 1.55. The summed E-state index contributed by atoms with van der Waals surface area (Å²) in [5, 5.41) is 3.24. The first-order valence-corrected chi connectivity index (χ1v) is 8.24. The molecular weight excluding hydrogens is 289 g/mol. The van der Waals surface area contributed by atoms with E-state index in [1.165, 1.54) is 51.3 Å². The summed E-state index contributed by atoms with van der Waals surface area (Å²) in [5.74, 6) is -3.01. The highest BCUT2D eigenvalue weighted by molar-refractivity contribution is 5.20. The van der Waals surface area contributed by atoms with Crippen LogP contribution in [0.5, 0.6) is 0 Å². The lowest BCUT2D eigenvalue weighted by Crippen LogP contribution is -2.50. The Hall–Kier alpha value is -1.07. The molecule has 0 aromatic heterocycles. The van der Waals surface area contributed by atoms with Crippen LogP contribution in [-0.4, -0.2) is 30.6 Å². The molecule has 0 saturated carbocycles. The number of nitrogens with zero attached hydrogens (tertiary/aromatic N) is 1. The maximum atomic E-state index is 13.6. The summed E-state index contributed by atoms with van der Waals surface area (Å²) in [4.78, 5) is 2.58. The van der Waals surface area contributed by atoms with Crippen LogP contribution in [0.15, 0.2) is 12.1 Å². The van der Waals surface area contributed by atoms with E-state index in [1.807, 2.05) is 0 Å². The molecule has 2 nitrogen and oxygen atoms in total. The largest absolute Gasteiger partial charge is 0.312 e. The van der Waals surface area contributed by atoms with Gasteiger partial charge in [0, 0.05) is 18.2 Å². The van der Waals surface area contributed by atoms with Gasteiger partial charge in [-0.1, -0.05) is 12.5 Å². The Morgan fingerprint density at radius 1 is 1.00 bits per heavy atom. The highest BCUT2D eigenvalue weighted by atomic mass is 19.2. The molecule has 0 unspecified atom stereocenters. The minimum Gasteiger partial charge on any atom is -0.312 e. The van der Waals surface area contributed by atoms with E-state index in [1.54, 1.807) is 0 Å². The van der Waals surface area contributed by atoms with Crippen molar-refractivity contribution in [1.82, 2.24) is 10.2 Å². The first-order chi connectivity index (χ1) is 10.7. The molecule has 0 aliphatic carbocycles. The van der Waals surface area contributed by atoms with Crippen LogP contribution in [0.25, 0.3) is 0 Å². The zero-order valence-electron chi connectivity index (χ0n) is 12.8. The summed E-state index contributed by atoms with van der Waals surface area (Å²) in [5.41, 5.74) is 0.190. The van der Waals surface area contributed by atoms with E-state index in [2.05, 4.69) is 10.2 Å². The number of hydrogen-bond acceptors (Lipinski definition) is 2. The molecule has 2 saturated heterocycles. The van der Waals surface area contributed by atoms with Gasteiger partial charge in [-0.25, -0.2) is 13.2 Å². The van der Waals surface area contributed by atoms with Gasteiger partial charge in [0.25, 0.3) is 0 Å². The molecule has 22 heavy (non-hydrogen) atoms. The van der Waals surface area contributed by atoms with Crippen molar-refractivity contribution in [3.05, 3.63) is 35.1 Å². The molecule has 2 aliphatic heterocycles. The van der Waals surface area contributed by atoms with Gasteiger partial charge in [-0.15, -0.1) is 0 Å². The van der Waals surface area contributed by atoms with Gasteiger partial charge < -0.3 is 10.2 Å². The second-order valence-electron chi connectivity index (χ2n) is 6.47. The smallest absolute Gasteiger partial charge is 0.194 e. The Labute approximate surface area is 129 Å². The van der Waals surface area contributed by atoms with Crippen molar-refractivity contribution in [3.63, 3.8) is 0 Å². The number of halogens is 3. The van der Waals surface area contributed by atoms with Gasteiger partial charge in [-0.05, 0) is 57.3 Å². The number of fused-ring (bicyclic) bond motifs is 1. The lowest BCUT2D eigenvalue weighted by molar-refractivity contribution is 0.0593. The van der Waals surface area contributed by atoms with E-state index in [-0.39, 0.29) is 12.1 Å². The molecule has 5 heteroatoms.